The monoisotopic (exact) mass is 320 g/mol. The predicted molar refractivity (Wildman–Crippen MR) is 97.5 cm³/mol. The zero-order valence-corrected chi connectivity index (χ0v) is 14.0. The Bertz CT molecular complexity index is 671. The molecule has 0 heterocycles. The summed E-state index contributed by atoms with van der Waals surface area (Å²) in [5.74, 6) is 1.52. The van der Waals surface area contributed by atoms with Crippen molar-refractivity contribution in [3.05, 3.63) is 77.9 Å². The first-order valence-corrected chi connectivity index (χ1v) is 8.80. The lowest BCUT2D eigenvalue weighted by molar-refractivity contribution is 0.103. The van der Waals surface area contributed by atoms with Crippen LogP contribution >= 0.6 is 0 Å². The molecule has 1 aliphatic carbocycles. The summed E-state index contributed by atoms with van der Waals surface area (Å²) in [4.78, 5) is 12.4. The maximum atomic E-state index is 12.4. The largest absolute Gasteiger partial charge is 0.493 e. The number of carbonyl (C=O) groups is 1. The Morgan fingerprint density at radius 1 is 0.875 bits per heavy atom. The van der Waals surface area contributed by atoms with Crippen LogP contribution in [-0.4, -0.2) is 12.4 Å². The number of hydrogen-bond acceptors (Lipinski definition) is 2. The summed E-state index contributed by atoms with van der Waals surface area (Å²) in [6.45, 7) is 0.764. The summed E-state index contributed by atoms with van der Waals surface area (Å²) in [6, 6.07) is 16.9. The number of rotatable bonds is 5. The Kier molecular flexibility index (Phi) is 5.84. The molecule has 24 heavy (non-hydrogen) atoms. The van der Waals surface area contributed by atoms with E-state index in [1.165, 1.54) is 25.7 Å². The molecule has 0 fully saturated rings. The number of hydrogen-bond donors (Lipinski definition) is 0. The van der Waals surface area contributed by atoms with Crippen molar-refractivity contribution < 1.29 is 9.53 Å². The highest BCUT2D eigenvalue weighted by atomic mass is 16.5. The van der Waals surface area contributed by atoms with Crippen LogP contribution in [0.1, 0.15) is 48.0 Å². The van der Waals surface area contributed by atoms with Crippen LogP contribution in [0.15, 0.2) is 66.7 Å². The van der Waals surface area contributed by atoms with Gasteiger partial charge in [0.05, 0.1) is 6.61 Å². The van der Waals surface area contributed by atoms with E-state index < -0.39 is 0 Å². The smallest absolute Gasteiger partial charge is 0.193 e. The van der Waals surface area contributed by atoms with Crippen LogP contribution in [0.5, 0.6) is 5.75 Å². The topological polar surface area (TPSA) is 26.3 Å². The summed E-state index contributed by atoms with van der Waals surface area (Å²) >= 11 is 0. The van der Waals surface area contributed by atoms with Gasteiger partial charge in [-0.3, -0.25) is 4.79 Å². The van der Waals surface area contributed by atoms with Gasteiger partial charge >= 0.3 is 0 Å². The van der Waals surface area contributed by atoms with Gasteiger partial charge in [0.1, 0.15) is 5.75 Å². The normalized spacial score (nSPS) is 19.1. The quantitative estimate of drug-likeness (QED) is 0.542. The molecular weight excluding hydrogens is 296 g/mol. The average molecular weight is 320 g/mol. The predicted octanol–water partition coefficient (Wildman–Crippen LogP) is 5.43. The van der Waals surface area contributed by atoms with Gasteiger partial charge in [-0.25, -0.2) is 0 Å². The average Bonchev–Trinajstić information content (AvgIpc) is 2.61. The van der Waals surface area contributed by atoms with Gasteiger partial charge in [0, 0.05) is 11.1 Å². The second kappa shape index (κ2) is 8.49. The van der Waals surface area contributed by atoms with Crippen LogP contribution in [0, 0.1) is 5.92 Å². The van der Waals surface area contributed by atoms with Crippen LogP contribution in [0.25, 0.3) is 0 Å². The van der Waals surface area contributed by atoms with E-state index in [1.807, 2.05) is 54.6 Å². The molecule has 0 saturated carbocycles. The maximum absolute atomic E-state index is 12.4. The molecule has 0 amide bonds. The van der Waals surface area contributed by atoms with Crippen molar-refractivity contribution in [1.82, 2.24) is 0 Å². The van der Waals surface area contributed by atoms with Gasteiger partial charge in [-0.05, 0) is 62.3 Å². The third kappa shape index (κ3) is 4.58. The molecular formula is C22H24O2. The van der Waals surface area contributed by atoms with Crippen molar-refractivity contribution in [3.63, 3.8) is 0 Å². The number of benzene rings is 2. The Balaban J connectivity index is 1.56. The second-order valence-corrected chi connectivity index (χ2v) is 6.38. The molecule has 0 radical (unpaired) electrons. The first-order chi connectivity index (χ1) is 11.8. The van der Waals surface area contributed by atoms with Crippen molar-refractivity contribution in [2.45, 2.75) is 32.1 Å². The molecule has 0 spiro atoms. The highest BCUT2D eigenvalue weighted by Gasteiger charge is 2.11. The van der Waals surface area contributed by atoms with E-state index in [9.17, 15) is 4.79 Å². The lowest BCUT2D eigenvalue weighted by Gasteiger charge is -2.18. The molecule has 2 aromatic rings. The van der Waals surface area contributed by atoms with Gasteiger partial charge in [0.15, 0.2) is 5.78 Å². The molecule has 2 nitrogen and oxygen atoms in total. The standard InChI is InChI=1S/C22H24O2/c23-22(19-11-7-4-8-12-19)20-13-15-21(16-14-20)24-17-18-9-5-2-1-3-6-10-18/h1-2,4,7-8,11-16,18H,3,5-6,9-10,17H2/b2-1-. The molecule has 0 aliphatic heterocycles. The zero-order chi connectivity index (χ0) is 16.6. The van der Waals surface area contributed by atoms with Gasteiger partial charge in [0.25, 0.3) is 0 Å². The van der Waals surface area contributed by atoms with Gasteiger partial charge in [0.2, 0.25) is 0 Å². The minimum atomic E-state index is 0.0500. The van der Waals surface area contributed by atoms with Crippen LogP contribution < -0.4 is 4.74 Å². The SMILES string of the molecule is O=C(c1ccccc1)c1ccc(OCC2CC/C=C\CCC2)cc1. The van der Waals surface area contributed by atoms with E-state index in [0.717, 1.165) is 18.8 Å². The molecule has 2 aromatic carbocycles. The lowest BCUT2D eigenvalue weighted by Crippen LogP contribution is -2.13. The fourth-order valence-corrected chi connectivity index (χ4v) is 3.08. The molecule has 0 bridgehead atoms. The molecule has 124 valence electrons. The Hall–Kier alpha value is -2.35. The summed E-state index contributed by atoms with van der Waals surface area (Å²) in [5.41, 5.74) is 1.42. The molecule has 2 heteroatoms. The Morgan fingerprint density at radius 2 is 1.58 bits per heavy atom. The van der Waals surface area contributed by atoms with E-state index in [1.54, 1.807) is 0 Å². The summed E-state index contributed by atoms with van der Waals surface area (Å²) < 4.78 is 5.95. The summed E-state index contributed by atoms with van der Waals surface area (Å²) in [6.07, 6.45) is 10.6. The van der Waals surface area contributed by atoms with Crippen molar-refractivity contribution in [1.29, 1.82) is 0 Å². The van der Waals surface area contributed by atoms with Crippen LogP contribution in [0.2, 0.25) is 0 Å². The van der Waals surface area contributed by atoms with Gasteiger partial charge in [-0.2, -0.15) is 0 Å². The lowest BCUT2D eigenvalue weighted by atomic mass is 9.95. The van der Waals surface area contributed by atoms with Crippen molar-refractivity contribution in [3.8, 4) is 5.75 Å². The molecule has 0 saturated heterocycles. The maximum Gasteiger partial charge on any atom is 0.193 e. The summed E-state index contributed by atoms with van der Waals surface area (Å²) in [5, 5.41) is 0. The molecule has 1 unspecified atom stereocenters. The minimum absolute atomic E-state index is 0.0500. The van der Waals surface area contributed by atoms with E-state index in [4.69, 9.17) is 4.74 Å². The molecule has 0 aromatic heterocycles. The highest BCUT2D eigenvalue weighted by molar-refractivity contribution is 6.08. The fraction of sp³-hybridized carbons (Fsp3) is 0.318. The van der Waals surface area contributed by atoms with Crippen molar-refractivity contribution in [2.24, 2.45) is 5.92 Å². The summed E-state index contributed by atoms with van der Waals surface area (Å²) in [7, 11) is 0. The van der Waals surface area contributed by atoms with E-state index in [2.05, 4.69) is 12.2 Å². The van der Waals surface area contributed by atoms with Gasteiger partial charge in [-0.1, -0.05) is 42.5 Å². The van der Waals surface area contributed by atoms with E-state index in [0.29, 0.717) is 17.0 Å². The molecule has 0 N–H and O–H groups in total. The van der Waals surface area contributed by atoms with E-state index >= 15 is 0 Å². The van der Waals surface area contributed by atoms with E-state index in [-0.39, 0.29) is 5.78 Å². The van der Waals surface area contributed by atoms with Gasteiger partial charge < -0.3 is 4.74 Å². The first kappa shape index (κ1) is 16.5. The zero-order valence-electron chi connectivity index (χ0n) is 14.0. The first-order valence-electron chi connectivity index (χ1n) is 8.80. The van der Waals surface area contributed by atoms with Crippen LogP contribution in [0.3, 0.4) is 0 Å². The number of allylic oxidation sites excluding steroid dienone is 2. The fourth-order valence-electron chi connectivity index (χ4n) is 3.08. The third-order valence-electron chi connectivity index (χ3n) is 4.53. The van der Waals surface area contributed by atoms with Crippen molar-refractivity contribution in [2.75, 3.05) is 6.61 Å². The number of ether oxygens (including phenoxy) is 1. The Labute approximate surface area is 144 Å². The van der Waals surface area contributed by atoms with Crippen LogP contribution in [-0.2, 0) is 0 Å². The van der Waals surface area contributed by atoms with Gasteiger partial charge in [-0.15, -0.1) is 0 Å². The number of carbonyl (C=O) groups excluding carboxylic acids is 1. The van der Waals surface area contributed by atoms with Crippen LogP contribution in [0.4, 0.5) is 0 Å². The molecule has 3 rings (SSSR count). The molecule has 1 atom stereocenters. The molecule has 1 aliphatic rings. The minimum Gasteiger partial charge on any atom is -0.493 e. The Morgan fingerprint density at radius 3 is 2.38 bits per heavy atom. The van der Waals surface area contributed by atoms with Crippen molar-refractivity contribution >= 4 is 5.78 Å². The third-order valence-corrected chi connectivity index (χ3v) is 4.53. The second-order valence-electron chi connectivity index (χ2n) is 6.38. The highest BCUT2D eigenvalue weighted by Crippen LogP contribution is 2.21. The number of ketones is 1.